The Labute approximate surface area is 136 Å². The summed E-state index contributed by atoms with van der Waals surface area (Å²) in [5.41, 5.74) is 1.72. The Morgan fingerprint density at radius 3 is 2.36 bits per heavy atom. The molecule has 0 aliphatic rings. The fourth-order valence-corrected chi connectivity index (χ4v) is 2.14. The molecule has 5 heteroatoms. The highest BCUT2D eigenvalue weighted by atomic mass is 79.9. The molecule has 4 nitrogen and oxygen atoms in total. The van der Waals surface area contributed by atoms with Crippen LogP contribution in [-0.2, 0) is 4.79 Å². The summed E-state index contributed by atoms with van der Waals surface area (Å²) in [6.45, 7) is 1.68. The first-order valence-electron chi connectivity index (χ1n) is 6.55. The first-order chi connectivity index (χ1) is 10.5. The van der Waals surface area contributed by atoms with Gasteiger partial charge in [0.15, 0.2) is 0 Å². The molecule has 0 fully saturated rings. The standard InChI is InChI=1S/C17H14BrNO3/c1-11(10-12-6-8-13(18)9-7-12)16(20)19-15-5-3-2-4-14(15)17(21)22/h2-10H,1H3,(H,19,20)(H,21,22). The van der Waals surface area contributed by atoms with Crippen molar-refractivity contribution in [3.05, 3.63) is 69.7 Å². The zero-order valence-electron chi connectivity index (χ0n) is 11.8. The molecule has 1 amide bonds. The maximum atomic E-state index is 12.2. The Kier molecular flexibility index (Phi) is 5.12. The number of hydrogen-bond acceptors (Lipinski definition) is 2. The summed E-state index contributed by atoms with van der Waals surface area (Å²) in [6.07, 6.45) is 1.74. The molecule has 2 aromatic carbocycles. The molecule has 0 bridgehead atoms. The molecule has 0 heterocycles. The van der Waals surface area contributed by atoms with Gasteiger partial charge in [0.25, 0.3) is 5.91 Å². The van der Waals surface area contributed by atoms with Gasteiger partial charge in [-0.1, -0.05) is 40.2 Å². The maximum absolute atomic E-state index is 12.2. The number of aromatic carboxylic acids is 1. The average Bonchev–Trinajstić information content (AvgIpc) is 2.49. The van der Waals surface area contributed by atoms with E-state index >= 15 is 0 Å². The van der Waals surface area contributed by atoms with Gasteiger partial charge in [0, 0.05) is 10.0 Å². The van der Waals surface area contributed by atoms with Crippen molar-refractivity contribution in [1.82, 2.24) is 0 Å². The van der Waals surface area contributed by atoms with Gasteiger partial charge in [-0.2, -0.15) is 0 Å². The van der Waals surface area contributed by atoms with Crippen molar-refractivity contribution in [1.29, 1.82) is 0 Å². The zero-order valence-corrected chi connectivity index (χ0v) is 13.4. The number of carbonyl (C=O) groups is 2. The Bertz CT molecular complexity index is 736. The Morgan fingerprint density at radius 1 is 1.09 bits per heavy atom. The Balaban J connectivity index is 2.18. The number of amides is 1. The molecular formula is C17H14BrNO3. The van der Waals surface area contributed by atoms with E-state index in [0.29, 0.717) is 5.57 Å². The number of rotatable bonds is 4. The summed E-state index contributed by atoms with van der Waals surface area (Å²) in [6, 6.07) is 13.8. The van der Waals surface area contributed by atoms with Gasteiger partial charge in [-0.3, -0.25) is 4.79 Å². The smallest absolute Gasteiger partial charge is 0.337 e. The molecular weight excluding hydrogens is 346 g/mol. The highest BCUT2D eigenvalue weighted by Crippen LogP contribution is 2.17. The summed E-state index contributed by atoms with van der Waals surface area (Å²) in [5, 5.41) is 11.7. The number of carboxylic acids is 1. The lowest BCUT2D eigenvalue weighted by atomic mass is 10.1. The molecule has 0 atom stereocenters. The van der Waals surface area contributed by atoms with Gasteiger partial charge in [0.05, 0.1) is 11.3 Å². The molecule has 112 valence electrons. The lowest BCUT2D eigenvalue weighted by molar-refractivity contribution is -0.112. The third-order valence-corrected chi connectivity index (χ3v) is 3.55. The van der Waals surface area contributed by atoms with E-state index in [0.717, 1.165) is 10.0 Å². The van der Waals surface area contributed by atoms with Gasteiger partial charge in [-0.15, -0.1) is 0 Å². The van der Waals surface area contributed by atoms with Crippen LogP contribution in [0.15, 0.2) is 58.6 Å². The van der Waals surface area contributed by atoms with Crippen molar-refractivity contribution in [3.8, 4) is 0 Å². The van der Waals surface area contributed by atoms with Crippen LogP contribution in [0.4, 0.5) is 5.69 Å². The van der Waals surface area contributed by atoms with E-state index in [2.05, 4.69) is 21.2 Å². The Morgan fingerprint density at radius 2 is 1.73 bits per heavy atom. The number of benzene rings is 2. The van der Waals surface area contributed by atoms with Crippen LogP contribution in [0, 0.1) is 0 Å². The van der Waals surface area contributed by atoms with Gasteiger partial charge in [0.2, 0.25) is 0 Å². The number of carbonyl (C=O) groups excluding carboxylic acids is 1. The molecule has 22 heavy (non-hydrogen) atoms. The number of hydrogen-bond donors (Lipinski definition) is 2. The van der Waals surface area contributed by atoms with Gasteiger partial charge < -0.3 is 10.4 Å². The number of anilines is 1. The number of nitrogens with one attached hydrogen (secondary N) is 1. The van der Waals surface area contributed by atoms with Crippen LogP contribution >= 0.6 is 15.9 Å². The van der Waals surface area contributed by atoms with Crippen LogP contribution < -0.4 is 5.32 Å². The van der Waals surface area contributed by atoms with Gasteiger partial charge in [0.1, 0.15) is 0 Å². The molecule has 2 rings (SSSR count). The predicted molar refractivity (Wildman–Crippen MR) is 89.8 cm³/mol. The molecule has 2 aromatic rings. The lowest BCUT2D eigenvalue weighted by Crippen LogP contribution is -2.15. The topological polar surface area (TPSA) is 66.4 Å². The minimum absolute atomic E-state index is 0.0623. The van der Waals surface area contributed by atoms with Crippen LogP contribution in [-0.4, -0.2) is 17.0 Å². The van der Waals surface area contributed by atoms with E-state index in [9.17, 15) is 9.59 Å². The monoisotopic (exact) mass is 359 g/mol. The quantitative estimate of drug-likeness (QED) is 0.804. The van der Waals surface area contributed by atoms with E-state index in [1.54, 1.807) is 31.2 Å². The molecule has 0 aliphatic heterocycles. The minimum atomic E-state index is -1.08. The van der Waals surface area contributed by atoms with Gasteiger partial charge >= 0.3 is 5.97 Å². The highest BCUT2D eigenvalue weighted by molar-refractivity contribution is 9.10. The lowest BCUT2D eigenvalue weighted by Gasteiger charge is -2.08. The van der Waals surface area contributed by atoms with E-state index in [-0.39, 0.29) is 17.2 Å². The van der Waals surface area contributed by atoms with Crippen molar-refractivity contribution in [3.63, 3.8) is 0 Å². The molecule has 0 radical (unpaired) electrons. The van der Waals surface area contributed by atoms with Crippen molar-refractivity contribution in [2.45, 2.75) is 6.92 Å². The molecule has 2 N–H and O–H groups in total. The second-order valence-corrected chi connectivity index (χ2v) is 5.60. The third-order valence-electron chi connectivity index (χ3n) is 3.02. The average molecular weight is 360 g/mol. The summed E-state index contributed by atoms with van der Waals surface area (Å²) >= 11 is 3.35. The summed E-state index contributed by atoms with van der Waals surface area (Å²) in [7, 11) is 0. The number of halogens is 1. The van der Waals surface area contributed by atoms with E-state index in [4.69, 9.17) is 5.11 Å². The molecule has 0 spiro atoms. The van der Waals surface area contributed by atoms with Crippen LogP contribution in [0.2, 0.25) is 0 Å². The van der Waals surface area contributed by atoms with Crippen molar-refractivity contribution < 1.29 is 14.7 Å². The number of para-hydroxylation sites is 1. The maximum Gasteiger partial charge on any atom is 0.337 e. The molecule has 0 saturated carbocycles. The van der Waals surface area contributed by atoms with Gasteiger partial charge in [-0.25, -0.2) is 4.79 Å². The van der Waals surface area contributed by atoms with Crippen molar-refractivity contribution >= 4 is 39.6 Å². The van der Waals surface area contributed by atoms with Crippen LogP contribution in [0.3, 0.4) is 0 Å². The molecule has 0 unspecified atom stereocenters. The third kappa shape index (κ3) is 4.05. The fraction of sp³-hybridized carbons (Fsp3) is 0.0588. The molecule has 0 saturated heterocycles. The second-order valence-electron chi connectivity index (χ2n) is 4.68. The minimum Gasteiger partial charge on any atom is -0.478 e. The van der Waals surface area contributed by atoms with E-state index in [1.807, 2.05) is 24.3 Å². The molecule has 0 aliphatic carbocycles. The largest absolute Gasteiger partial charge is 0.478 e. The zero-order chi connectivity index (χ0) is 16.1. The molecule has 0 aromatic heterocycles. The Hall–Kier alpha value is -2.40. The van der Waals surface area contributed by atoms with Crippen molar-refractivity contribution in [2.75, 3.05) is 5.32 Å². The van der Waals surface area contributed by atoms with Gasteiger partial charge in [-0.05, 0) is 42.8 Å². The summed E-state index contributed by atoms with van der Waals surface area (Å²) in [5.74, 6) is -1.41. The van der Waals surface area contributed by atoms with E-state index < -0.39 is 5.97 Å². The summed E-state index contributed by atoms with van der Waals surface area (Å²) < 4.78 is 0.960. The highest BCUT2D eigenvalue weighted by Gasteiger charge is 2.12. The fourth-order valence-electron chi connectivity index (χ4n) is 1.87. The first kappa shape index (κ1) is 16.0. The summed E-state index contributed by atoms with van der Waals surface area (Å²) in [4.78, 5) is 23.3. The van der Waals surface area contributed by atoms with Crippen LogP contribution in [0.25, 0.3) is 6.08 Å². The first-order valence-corrected chi connectivity index (χ1v) is 7.34. The normalized spacial score (nSPS) is 11.1. The number of carboxylic acid groups (broad SMARTS) is 1. The van der Waals surface area contributed by atoms with E-state index in [1.165, 1.54) is 6.07 Å². The van der Waals surface area contributed by atoms with Crippen molar-refractivity contribution in [2.24, 2.45) is 0 Å². The SMILES string of the molecule is CC(=Cc1ccc(Br)cc1)C(=O)Nc1ccccc1C(=O)O. The van der Waals surface area contributed by atoms with Crippen LogP contribution in [0.1, 0.15) is 22.8 Å². The second kappa shape index (κ2) is 7.04. The van der Waals surface area contributed by atoms with Crippen LogP contribution in [0.5, 0.6) is 0 Å². The predicted octanol–water partition coefficient (Wildman–Crippen LogP) is 4.19.